The van der Waals surface area contributed by atoms with Crippen LogP contribution in [-0.2, 0) is 4.79 Å². The van der Waals surface area contributed by atoms with Crippen LogP contribution in [-0.4, -0.2) is 11.9 Å². The zero-order chi connectivity index (χ0) is 13.3. The minimum absolute atomic E-state index is 0.215. The summed E-state index contributed by atoms with van der Waals surface area (Å²) in [5.41, 5.74) is 0.625. The third kappa shape index (κ3) is 4.69. The highest BCUT2D eigenvalue weighted by Crippen LogP contribution is 2.37. The fraction of sp³-hybridized carbons (Fsp3) is 0.933. The Morgan fingerprint density at radius 1 is 1.41 bits per heavy atom. The van der Waals surface area contributed by atoms with Crippen LogP contribution in [0.4, 0.5) is 0 Å². The van der Waals surface area contributed by atoms with Gasteiger partial charge in [-0.25, -0.2) is 0 Å². The van der Waals surface area contributed by atoms with Crippen LogP contribution in [0.15, 0.2) is 0 Å². The smallest absolute Gasteiger partial charge is 0.220 e. The van der Waals surface area contributed by atoms with E-state index in [2.05, 4.69) is 46.9 Å². The van der Waals surface area contributed by atoms with E-state index in [1.54, 1.807) is 0 Å². The summed E-state index contributed by atoms with van der Waals surface area (Å²) in [6, 6.07) is 0.407. The molecule has 2 atom stereocenters. The maximum Gasteiger partial charge on any atom is 0.220 e. The Bertz CT molecular complexity index is 275. The van der Waals surface area contributed by atoms with Crippen molar-refractivity contribution in [2.45, 2.75) is 73.3 Å². The molecule has 1 aliphatic rings. The first-order valence-electron chi connectivity index (χ1n) is 6.89. The van der Waals surface area contributed by atoms with Crippen LogP contribution in [0.3, 0.4) is 0 Å². The molecule has 0 saturated heterocycles. The summed E-state index contributed by atoms with van der Waals surface area (Å²) in [4.78, 5) is 12.0. The molecule has 1 aliphatic carbocycles. The molecule has 0 aliphatic heterocycles. The number of nitrogens with one attached hydrogen (secondary N) is 1. The molecule has 0 radical (unpaired) electrons. The van der Waals surface area contributed by atoms with Gasteiger partial charge in [-0.2, -0.15) is 0 Å². The molecule has 2 nitrogen and oxygen atoms in total. The van der Waals surface area contributed by atoms with Crippen molar-refractivity contribution >= 4 is 5.91 Å². The van der Waals surface area contributed by atoms with E-state index >= 15 is 0 Å². The van der Waals surface area contributed by atoms with Gasteiger partial charge in [0, 0.05) is 12.5 Å². The van der Waals surface area contributed by atoms with E-state index in [4.69, 9.17) is 0 Å². The molecule has 2 heteroatoms. The van der Waals surface area contributed by atoms with Gasteiger partial charge >= 0.3 is 0 Å². The predicted molar refractivity (Wildman–Crippen MR) is 72.8 cm³/mol. The van der Waals surface area contributed by atoms with Gasteiger partial charge in [0.05, 0.1) is 0 Å². The van der Waals surface area contributed by atoms with Crippen LogP contribution in [0.25, 0.3) is 0 Å². The average molecular weight is 239 g/mol. The van der Waals surface area contributed by atoms with E-state index in [1.807, 2.05) is 0 Å². The quantitative estimate of drug-likeness (QED) is 0.798. The van der Waals surface area contributed by atoms with Gasteiger partial charge in [0.2, 0.25) is 5.91 Å². The Labute approximate surface area is 107 Å². The van der Waals surface area contributed by atoms with Gasteiger partial charge in [0.15, 0.2) is 0 Å². The number of amides is 1. The highest BCUT2D eigenvalue weighted by atomic mass is 16.1. The van der Waals surface area contributed by atoms with Gasteiger partial charge in [0.25, 0.3) is 0 Å². The summed E-state index contributed by atoms with van der Waals surface area (Å²) >= 11 is 0. The molecule has 1 fully saturated rings. The fourth-order valence-electron chi connectivity index (χ4n) is 2.43. The molecule has 100 valence electrons. The van der Waals surface area contributed by atoms with Gasteiger partial charge in [0.1, 0.15) is 0 Å². The van der Waals surface area contributed by atoms with Crippen molar-refractivity contribution in [3.63, 3.8) is 0 Å². The molecule has 1 rings (SSSR count). The molecular formula is C15H29NO. The van der Waals surface area contributed by atoms with Gasteiger partial charge < -0.3 is 5.32 Å². The van der Waals surface area contributed by atoms with Gasteiger partial charge in [-0.05, 0) is 36.0 Å². The van der Waals surface area contributed by atoms with Gasteiger partial charge in [-0.15, -0.1) is 0 Å². The Hall–Kier alpha value is -0.530. The van der Waals surface area contributed by atoms with Crippen molar-refractivity contribution in [3.8, 4) is 0 Å². The lowest BCUT2D eigenvalue weighted by atomic mass is 9.80. The van der Waals surface area contributed by atoms with Gasteiger partial charge in [-0.1, -0.05) is 41.5 Å². The summed E-state index contributed by atoms with van der Waals surface area (Å²) in [5, 5.41) is 3.20. The van der Waals surface area contributed by atoms with Crippen molar-refractivity contribution < 1.29 is 4.79 Å². The molecule has 0 spiro atoms. The monoisotopic (exact) mass is 239 g/mol. The van der Waals surface area contributed by atoms with Crippen LogP contribution < -0.4 is 5.32 Å². The standard InChI is InChI=1S/C15H29NO/c1-11(14(2,3)4)9-13(17)16-12-7-8-15(5,6)10-12/h11-12H,7-10H2,1-6H3,(H,16,17). The summed E-state index contributed by atoms with van der Waals surface area (Å²) in [7, 11) is 0. The third-order valence-corrected chi connectivity index (χ3v) is 4.30. The molecule has 17 heavy (non-hydrogen) atoms. The lowest BCUT2D eigenvalue weighted by molar-refractivity contribution is -0.123. The first kappa shape index (κ1) is 14.5. The number of rotatable bonds is 3. The number of hydrogen-bond donors (Lipinski definition) is 1. The van der Waals surface area contributed by atoms with Crippen LogP contribution in [0.1, 0.15) is 67.2 Å². The second-order valence-corrected chi connectivity index (χ2v) is 7.64. The van der Waals surface area contributed by atoms with Crippen molar-refractivity contribution in [2.75, 3.05) is 0 Å². The fourth-order valence-corrected chi connectivity index (χ4v) is 2.43. The molecule has 0 aromatic carbocycles. The molecule has 1 saturated carbocycles. The topological polar surface area (TPSA) is 29.1 Å². The van der Waals surface area contributed by atoms with E-state index in [-0.39, 0.29) is 11.3 Å². The van der Waals surface area contributed by atoms with Crippen molar-refractivity contribution in [3.05, 3.63) is 0 Å². The molecule has 0 bridgehead atoms. The van der Waals surface area contributed by atoms with Crippen molar-refractivity contribution in [1.82, 2.24) is 5.32 Å². The predicted octanol–water partition coefficient (Wildman–Crippen LogP) is 3.75. The summed E-state index contributed by atoms with van der Waals surface area (Å²) < 4.78 is 0. The van der Waals surface area contributed by atoms with Crippen molar-refractivity contribution in [1.29, 1.82) is 0 Å². The highest BCUT2D eigenvalue weighted by Gasteiger charge is 2.32. The van der Waals surface area contributed by atoms with Gasteiger partial charge in [-0.3, -0.25) is 4.79 Å². The molecule has 0 aromatic heterocycles. The van der Waals surface area contributed by atoms with Crippen LogP contribution in [0.5, 0.6) is 0 Å². The lowest BCUT2D eigenvalue weighted by Crippen LogP contribution is -2.35. The number of carbonyl (C=O) groups is 1. The van der Waals surface area contributed by atoms with E-state index in [0.717, 1.165) is 12.8 Å². The number of carbonyl (C=O) groups excluding carboxylic acids is 1. The van der Waals surface area contributed by atoms with Crippen LogP contribution in [0, 0.1) is 16.7 Å². The minimum Gasteiger partial charge on any atom is -0.353 e. The molecule has 2 unspecified atom stereocenters. The van der Waals surface area contributed by atoms with E-state index < -0.39 is 0 Å². The maximum absolute atomic E-state index is 12.0. The van der Waals surface area contributed by atoms with E-state index in [0.29, 0.717) is 23.8 Å². The molecule has 0 heterocycles. The molecule has 0 aromatic rings. The van der Waals surface area contributed by atoms with E-state index in [1.165, 1.54) is 6.42 Å². The Morgan fingerprint density at radius 3 is 2.41 bits per heavy atom. The first-order chi connectivity index (χ1) is 7.60. The summed E-state index contributed by atoms with van der Waals surface area (Å²) in [6.45, 7) is 13.3. The molecule has 1 amide bonds. The summed E-state index contributed by atoms with van der Waals surface area (Å²) in [5.74, 6) is 0.659. The normalized spacial score (nSPS) is 25.6. The highest BCUT2D eigenvalue weighted by molar-refractivity contribution is 5.76. The van der Waals surface area contributed by atoms with Crippen LogP contribution >= 0.6 is 0 Å². The second-order valence-electron chi connectivity index (χ2n) is 7.64. The Kier molecular flexibility index (Phi) is 4.27. The summed E-state index contributed by atoms with van der Waals surface area (Å²) in [6.07, 6.45) is 4.15. The van der Waals surface area contributed by atoms with Crippen LogP contribution in [0.2, 0.25) is 0 Å². The Morgan fingerprint density at radius 2 is 2.00 bits per heavy atom. The van der Waals surface area contributed by atoms with E-state index in [9.17, 15) is 4.79 Å². The molecule has 1 N–H and O–H groups in total. The average Bonchev–Trinajstić information content (AvgIpc) is 2.43. The maximum atomic E-state index is 12.0. The lowest BCUT2D eigenvalue weighted by Gasteiger charge is -2.27. The SMILES string of the molecule is CC(CC(=O)NC1CCC(C)(C)C1)C(C)(C)C. The third-order valence-electron chi connectivity index (χ3n) is 4.30. The minimum atomic E-state index is 0.215. The first-order valence-corrected chi connectivity index (χ1v) is 6.89. The largest absolute Gasteiger partial charge is 0.353 e. The number of hydrogen-bond acceptors (Lipinski definition) is 1. The zero-order valence-electron chi connectivity index (χ0n) is 12.4. The zero-order valence-corrected chi connectivity index (χ0v) is 12.4. The van der Waals surface area contributed by atoms with Crippen molar-refractivity contribution in [2.24, 2.45) is 16.7 Å². The second kappa shape index (κ2) is 4.99. The molecular weight excluding hydrogens is 210 g/mol. The Balaban J connectivity index is 2.36.